The molecule has 1 atom stereocenters. The fourth-order valence-corrected chi connectivity index (χ4v) is 2.87. The molecular weight excluding hydrogens is 246 g/mol. The molecule has 0 spiro atoms. The van der Waals surface area contributed by atoms with Crippen LogP contribution in [0.4, 0.5) is 0 Å². The number of carbonyl (C=O) groups is 3. The standard InChI is InChI=1S/C13H21N3O3/c1-16-11(18)7-9(12(16)19)15-10(17)8-13(14)5-3-2-4-6-13/h9H,2-8,14H2,1H3,(H,15,17). The number of rotatable bonds is 3. The number of amides is 3. The van der Waals surface area contributed by atoms with Gasteiger partial charge in [0.2, 0.25) is 11.8 Å². The lowest BCUT2D eigenvalue weighted by atomic mass is 9.80. The molecule has 2 aliphatic rings. The first-order chi connectivity index (χ1) is 8.91. The quantitative estimate of drug-likeness (QED) is 0.699. The molecule has 19 heavy (non-hydrogen) atoms. The zero-order valence-electron chi connectivity index (χ0n) is 11.3. The lowest BCUT2D eigenvalue weighted by Gasteiger charge is -2.33. The number of imide groups is 1. The highest BCUT2D eigenvalue weighted by Gasteiger charge is 2.38. The number of hydrogen-bond donors (Lipinski definition) is 2. The third-order valence-corrected chi connectivity index (χ3v) is 4.08. The van der Waals surface area contributed by atoms with Crippen molar-refractivity contribution in [3.63, 3.8) is 0 Å². The Balaban J connectivity index is 1.88. The van der Waals surface area contributed by atoms with Gasteiger partial charge in [-0.05, 0) is 12.8 Å². The SMILES string of the molecule is CN1C(=O)CC(NC(=O)CC2(N)CCCCC2)C1=O. The second-order valence-electron chi connectivity index (χ2n) is 5.72. The van der Waals surface area contributed by atoms with E-state index in [-0.39, 0.29) is 30.6 Å². The van der Waals surface area contributed by atoms with Crippen molar-refractivity contribution in [2.75, 3.05) is 7.05 Å². The van der Waals surface area contributed by atoms with Crippen molar-refractivity contribution in [2.45, 2.75) is 56.5 Å². The Morgan fingerprint density at radius 1 is 1.37 bits per heavy atom. The number of carbonyl (C=O) groups excluding carboxylic acids is 3. The Bertz CT molecular complexity index is 402. The minimum Gasteiger partial charge on any atom is -0.344 e. The predicted molar refractivity (Wildman–Crippen MR) is 68.9 cm³/mol. The molecule has 1 saturated carbocycles. The summed E-state index contributed by atoms with van der Waals surface area (Å²) in [6.45, 7) is 0. The van der Waals surface area contributed by atoms with Crippen LogP contribution in [-0.4, -0.2) is 41.2 Å². The Labute approximate surface area is 112 Å². The van der Waals surface area contributed by atoms with Crippen LogP contribution >= 0.6 is 0 Å². The molecule has 6 nitrogen and oxygen atoms in total. The summed E-state index contributed by atoms with van der Waals surface area (Å²) < 4.78 is 0. The van der Waals surface area contributed by atoms with E-state index in [0.29, 0.717) is 0 Å². The summed E-state index contributed by atoms with van der Waals surface area (Å²) in [5.41, 5.74) is 5.76. The third kappa shape index (κ3) is 3.12. The maximum Gasteiger partial charge on any atom is 0.252 e. The molecule has 6 heteroatoms. The molecule has 2 rings (SSSR count). The molecular formula is C13H21N3O3. The van der Waals surface area contributed by atoms with Crippen molar-refractivity contribution >= 4 is 17.7 Å². The molecule has 1 unspecified atom stereocenters. The number of hydrogen-bond acceptors (Lipinski definition) is 4. The molecule has 2 fully saturated rings. The monoisotopic (exact) mass is 267 g/mol. The first kappa shape index (κ1) is 14.0. The largest absolute Gasteiger partial charge is 0.344 e. The van der Waals surface area contributed by atoms with Crippen LogP contribution in [0.3, 0.4) is 0 Å². The maximum absolute atomic E-state index is 12.0. The summed E-state index contributed by atoms with van der Waals surface area (Å²) in [6.07, 6.45) is 5.24. The average molecular weight is 267 g/mol. The fourth-order valence-electron chi connectivity index (χ4n) is 2.87. The van der Waals surface area contributed by atoms with E-state index in [1.807, 2.05) is 0 Å². The molecule has 0 radical (unpaired) electrons. The van der Waals surface area contributed by atoms with E-state index < -0.39 is 11.6 Å². The Morgan fingerprint density at radius 3 is 2.53 bits per heavy atom. The van der Waals surface area contributed by atoms with Crippen LogP contribution in [0.2, 0.25) is 0 Å². The van der Waals surface area contributed by atoms with Gasteiger partial charge in [0, 0.05) is 19.0 Å². The third-order valence-electron chi connectivity index (χ3n) is 4.08. The van der Waals surface area contributed by atoms with Gasteiger partial charge in [-0.25, -0.2) is 0 Å². The van der Waals surface area contributed by atoms with Gasteiger partial charge >= 0.3 is 0 Å². The second kappa shape index (κ2) is 5.28. The number of nitrogens with two attached hydrogens (primary N) is 1. The Hall–Kier alpha value is -1.43. The molecule has 0 aromatic heterocycles. The van der Waals surface area contributed by atoms with Crippen LogP contribution in [-0.2, 0) is 14.4 Å². The van der Waals surface area contributed by atoms with Crippen LogP contribution in [0.1, 0.15) is 44.9 Å². The average Bonchev–Trinajstić information content (AvgIpc) is 2.57. The molecule has 3 N–H and O–H groups in total. The summed E-state index contributed by atoms with van der Waals surface area (Å²) in [5.74, 6) is -0.825. The molecule has 1 aliphatic carbocycles. The number of nitrogens with zero attached hydrogens (tertiary/aromatic N) is 1. The first-order valence-electron chi connectivity index (χ1n) is 6.80. The second-order valence-corrected chi connectivity index (χ2v) is 5.72. The molecule has 1 saturated heterocycles. The molecule has 1 aliphatic heterocycles. The summed E-state index contributed by atoms with van der Waals surface area (Å²) >= 11 is 0. The highest BCUT2D eigenvalue weighted by Crippen LogP contribution is 2.28. The minimum atomic E-state index is -0.711. The van der Waals surface area contributed by atoms with Gasteiger partial charge in [-0.1, -0.05) is 19.3 Å². The molecule has 106 valence electrons. The van der Waals surface area contributed by atoms with Gasteiger partial charge in [0.15, 0.2) is 0 Å². The number of nitrogens with one attached hydrogen (secondary N) is 1. The molecule has 0 aromatic rings. The summed E-state index contributed by atoms with van der Waals surface area (Å²) in [6, 6.07) is -0.711. The van der Waals surface area contributed by atoms with E-state index in [1.54, 1.807) is 0 Å². The van der Waals surface area contributed by atoms with E-state index in [9.17, 15) is 14.4 Å². The number of likely N-dealkylation sites (tertiary alicyclic amines) is 1. The summed E-state index contributed by atoms with van der Waals surface area (Å²) in [5, 5.41) is 2.63. The highest BCUT2D eigenvalue weighted by molar-refractivity contribution is 6.06. The van der Waals surface area contributed by atoms with Gasteiger partial charge in [0.25, 0.3) is 5.91 Å². The first-order valence-corrected chi connectivity index (χ1v) is 6.80. The highest BCUT2D eigenvalue weighted by atomic mass is 16.2. The normalized spacial score (nSPS) is 26.6. The topological polar surface area (TPSA) is 92.5 Å². The molecule has 0 aromatic carbocycles. The van der Waals surface area contributed by atoms with Crippen molar-refractivity contribution in [3.05, 3.63) is 0 Å². The Kier molecular flexibility index (Phi) is 3.89. The van der Waals surface area contributed by atoms with E-state index in [0.717, 1.165) is 30.6 Å². The van der Waals surface area contributed by atoms with Gasteiger partial charge in [-0.3, -0.25) is 19.3 Å². The minimum absolute atomic E-state index is 0.0542. The van der Waals surface area contributed by atoms with Crippen molar-refractivity contribution in [3.8, 4) is 0 Å². The van der Waals surface area contributed by atoms with Crippen LogP contribution in [0.5, 0.6) is 0 Å². The van der Waals surface area contributed by atoms with E-state index >= 15 is 0 Å². The van der Waals surface area contributed by atoms with E-state index in [4.69, 9.17) is 5.73 Å². The molecule has 1 heterocycles. The smallest absolute Gasteiger partial charge is 0.252 e. The van der Waals surface area contributed by atoms with E-state index in [2.05, 4.69) is 5.32 Å². The zero-order chi connectivity index (χ0) is 14.0. The summed E-state index contributed by atoms with van der Waals surface area (Å²) in [7, 11) is 1.43. The lowest BCUT2D eigenvalue weighted by molar-refractivity contribution is -0.138. The predicted octanol–water partition coefficient (Wildman–Crippen LogP) is -0.0884. The number of likely N-dealkylation sites (N-methyl/N-ethyl adjacent to an activating group) is 1. The van der Waals surface area contributed by atoms with Crippen LogP contribution in [0.15, 0.2) is 0 Å². The van der Waals surface area contributed by atoms with Crippen molar-refractivity contribution < 1.29 is 14.4 Å². The summed E-state index contributed by atoms with van der Waals surface area (Å²) in [4.78, 5) is 36.1. The van der Waals surface area contributed by atoms with E-state index in [1.165, 1.54) is 13.5 Å². The zero-order valence-corrected chi connectivity index (χ0v) is 11.3. The van der Waals surface area contributed by atoms with Gasteiger partial charge in [0.05, 0.1) is 6.42 Å². The van der Waals surface area contributed by atoms with Crippen LogP contribution < -0.4 is 11.1 Å². The fraction of sp³-hybridized carbons (Fsp3) is 0.769. The van der Waals surface area contributed by atoms with Crippen molar-refractivity contribution in [2.24, 2.45) is 5.73 Å². The Morgan fingerprint density at radius 2 is 2.00 bits per heavy atom. The van der Waals surface area contributed by atoms with Gasteiger partial charge in [-0.15, -0.1) is 0 Å². The van der Waals surface area contributed by atoms with Crippen molar-refractivity contribution in [1.29, 1.82) is 0 Å². The molecule has 3 amide bonds. The van der Waals surface area contributed by atoms with Gasteiger partial charge in [-0.2, -0.15) is 0 Å². The molecule has 0 bridgehead atoms. The maximum atomic E-state index is 12.0. The van der Waals surface area contributed by atoms with Crippen LogP contribution in [0.25, 0.3) is 0 Å². The van der Waals surface area contributed by atoms with Gasteiger partial charge < -0.3 is 11.1 Å². The van der Waals surface area contributed by atoms with Crippen LogP contribution in [0, 0.1) is 0 Å². The van der Waals surface area contributed by atoms with Gasteiger partial charge in [0.1, 0.15) is 6.04 Å². The van der Waals surface area contributed by atoms with Crippen molar-refractivity contribution in [1.82, 2.24) is 10.2 Å². The lowest BCUT2D eigenvalue weighted by Crippen LogP contribution is -2.48.